The Morgan fingerprint density at radius 2 is 1.80 bits per heavy atom. The molecule has 0 aliphatic carbocycles. The lowest BCUT2D eigenvalue weighted by Crippen LogP contribution is -2.47. The van der Waals surface area contributed by atoms with Gasteiger partial charge in [-0.15, -0.1) is 0 Å². The third-order valence-corrected chi connectivity index (χ3v) is 5.72. The molecule has 1 aliphatic heterocycles. The molecule has 30 heavy (non-hydrogen) atoms. The molecule has 0 radical (unpaired) electrons. The average Bonchev–Trinajstić information content (AvgIpc) is 3.19. The molecule has 1 aromatic heterocycles. The van der Waals surface area contributed by atoms with Crippen molar-refractivity contribution in [2.24, 2.45) is 13.0 Å². The summed E-state index contributed by atoms with van der Waals surface area (Å²) in [6.45, 7) is 0.857. The Labute approximate surface area is 176 Å². The lowest BCUT2D eigenvalue weighted by Gasteiger charge is -2.41. The van der Waals surface area contributed by atoms with E-state index in [1.807, 2.05) is 83.4 Å². The van der Waals surface area contributed by atoms with Crippen LogP contribution in [-0.2, 0) is 29.7 Å². The highest BCUT2D eigenvalue weighted by Crippen LogP contribution is 2.38. The maximum atomic E-state index is 13.2. The van der Waals surface area contributed by atoms with E-state index in [-0.39, 0.29) is 23.8 Å². The number of likely N-dealkylation sites (tertiary alicyclic amines) is 1. The van der Waals surface area contributed by atoms with Gasteiger partial charge in [-0.1, -0.05) is 60.7 Å². The van der Waals surface area contributed by atoms with Crippen molar-refractivity contribution in [2.45, 2.75) is 32.0 Å². The molecule has 0 saturated carbocycles. The molecule has 1 fully saturated rings. The van der Waals surface area contributed by atoms with Gasteiger partial charge in [-0.05, 0) is 17.5 Å². The van der Waals surface area contributed by atoms with Crippen molar-refractivity contribution in [3.63, 3.8) is 0 Å². The highest BCUT2D eigenvalue weighted by molar-refractivity contribution is 5.85. The first-order chi connectivity index (χ1) is 14.6. The average molecular weight is 402 g/mol. The predicted molar refractivity (Wildman–Crippen MR) is 114 cm³/mol. The van der Waals surface area contributed by atoms with Crippen LogP contribution in [0, 0.1) is 5.92 Å². The van der Waals surface area contributed by atoms with Gasteiger partial charge in [0, 0.05) is 32.4 Å². The minimum atomic E-state index is -0.311. The van der Waals surface area contributed by atoms with E-state index in [1.165, 1.54) is 0 Å². The number of carbonyl (C=O) groups is 2. The van der Waals surface area contributed by atoms with Crippen LogP contribution in [0.25, 0.3) is 0 Å². The second kappa shape index (κ2) is 8.95. The first-order valence-corrected chi connectivity index (χ1v) is 10.3. The summed E-state index contributed by atoms with van der Waals surface area (Å²) in [6.07, 6.45) is 4.48. The number of hydrogen-bond acceptors (Lipinski definition) is 3. The lowest BCUT2D eigenvalue weighted by molar-refractivity contribution is -0.144. The van der Waals surface area contributed by atoms with Crippen molar-refractivity contribution in [3.05, 3.63) is 90.0 Å². The maximum Gasteiger partial charge on any atom is 0.225 e. The quantitative estimate of drug-likeness (QED) is 0.688. The molecule has 1 saturated heterocycles. The molecule has 6 nitrogen and oxygen atoms in total. The Hall–Kier alpha value is -3.41. The van der Waals surface area contributed by atoms with E-state index in [2.05, 4.69) is 10.3 Å². The van der Waals surface area contributed by atoms with Gasteiger partial charge < -0.3 is 14.8 Å². The lowest BCUT2D eigenvalue weighted by atomic mass is 9.83. The smallest absolute Gasteiger partial charge is 0.225 e. The number of carbonyl (C=O) groups excluding carboxylic acids is 2. The van der Waals surface area contributed by atoms with Gasteiger partial charge >= 0.3 is 0 Å². The van der Waals surface area contributed by atoms with E-state index in [0.29, 0.717) is 25.9 Å². The standard InChI is InChI=1S/C24H26N4O2/c1-27-15-14-25-21(27)16-26-24(30)20-12-13-22(29)28(17-18-8-4-2-5-9-18)23(20)19-10-6-3-7-11-19/h2-11,14-15,20,23H,12-13,16-17H2,1H3,(H,26,30). The van der Waals surface area contributed by atoms with E-state index in [4.69, 9.17) is 0 Å². The first kappa shape index (κ1) is 19.9. The van der Waals surface area contributed by atoms with E-state index < -0.39 is 0 Å². The summed E-state index contributed by atoms with van der Waals surface area (Å²) >= 11 is 0. The molecule has 1 aliphatic rings. The summed E-state index contributed by atoms with van der Waals surface area (Å²) in [7, 11) is 1.90. The summed E-state index contributed by atoms with van der Waals surface area (Å²) in [5, 5.41) is 3.03. The van der Waals surface area contributed by atoms with Crippen LogP contribution in [0.2, 0.25) is 0 Å². The maximum absolute atomic E-state index is 13.2. The molecule has 2 atom stereocenters. The van der Waals surface area contributed by atoms with Gasteiger partial charge in [-0.2, -0.15) is 0 Å². The Balaban J connectivity index is 1.60. The van der Waals surface area contributed by atoms with Gasteiger partial charge in [-0.25, -0.2) is 4.98 Å². The van der Waals surface area contributed by atoms with Crippen LogP contribution >= 0.6 is 0 Å². The van der Waals surface area contributed by atoms with Crippen molar-refractivity contribution < 1.29 is 9.59 Å². The van der Waals surface area contributed by atoms with E-state index in [0.717, 1.165) is 17.0 Å². The number of aromatic nitrogens is 2. The van der Waals surface area contributed by atoms with Gasteiger partial charge in [0.05, 0.1) is 18.5 Å². The Morgan fingerprint density at radius 1 is 1.10 bits per heavy atom. The van der Waals surface area contributed by atoms with E-state index >= 15 is 0 Å². The van der Waals surface area contributed by atoms with Crippen molar-refractivity contribution in [2.75, 3.05) is 0 Å². The van der Waals surface area contributed by atoms with Crippen molar-refractivity contribution in [3.8, 4) is 0 Å². The summed E-state index contributed by atoms with van der Waals surface area (Å²) in [5.41, 5.74) is 2.04. The normalized spacial score (nSPS) is 19.0. The topological polar surface area (TPSA) is 67.2 Å². The molecular formula is C24H26N4O2. The van der Waals surface area contributed by atoms with Crippen LogP contribution in [0.1, 0.15) is 35.8 Å². The highest BCUT2D eigenvalue weighted by atomic mass is 16.2. The zero-order chi connectivity index (χ0) is 20.9. The molecule has 154 valence electrons. The minimum Gasteiger partial charge on any atom is -0.349 e. The number of amides is 2. The van der Waals surface area contributed by atoms with Crippen LogP contribution in [0.4, 0.5) is 0 Å². The van der Waals surface area contributed by atoms with Crippen molar-refractivity contribution in [1.82, 2.24) is 19.8 Å². The molecule has 2 amide bonds. The minimum absolute atomic E-state index is 0.0441. The number of hydrogen-bond donors (Lipinski definition) is 1. The van der Waals surface area contributed by atoms with Crippen LogP contribution in [0.15, 0.2) is 73.1 Å². The van der Waals surface area contributed by atoms with Gasteiger partial charge in [0.2, 0.25) is 11.8 Å². The van der Waals surface area contributed by atoms with Crippen LogP contribution in [0.3, 0.4) is 0 Å². The fourth-order valence-electron chi connectivity index (χ4n) is 4.12. The molecule has 3 aromatic rings. The van der Waals surface area contributed by atoms with Crippen molar-refractivity contribution in [1.29, 1.82) is 0 Å². The summed E-state index contributed by atoms with van der Waals surface area (Å²) < 4.78 is 1.89. The van der Waals surface area contributed by atoms with Gasteiger partial charge in [0.1, 0.15) is 5.82 Å². The second-order valence-corrected chi connectivity index (χ2v) is 7.68. The summed E-state index contributed by atoms with van der Waals surface area (Å²) in [5.74, 6) is 0.528. The van der Waals surface area contributed by atoms with Crippen molar-refractivity contribution >= 4 is 11.8 Å². The van der Waals surface area contributed by atoms with Gasteiger partial charge in [0.15, 0.2) is 0 Å². The van der Waals surface area contributed by atoms with Gasteiger partial charge in [-0.3, -0.25) is 9.59 Å². The molecule has 1 N–H and O–H groups in total. The number of nitrogens with one attached hydrogen (secondary N) is 1. The van der Waals surface area contributed by atoms with E-state index in [9.17, 15) is 9.59 Å². The van der Waals surface area contributed by atoms with Gasteiger partial charge in [0.25, 0.3) is 0 Å². The SMILES string of the molecule is Cn1ccnc1CNC(=O)C1CCC(=O)N(Cc2ccccc2)C1c1ccccc1. The monoisotopic (exact) mass is 402 g/mol. The zero-order valence-electron chi connectivity index (χ0n) is 17.1. The fourth-order valence-corrected chi connectivity index (χ4v) is 4.12. The molecule has 4 rings (SSSR count). The Bertz CT molecular complexity index is 1000. The third kappa shape index (κ3) is 4.27. The Morgan fingerprint density at radius 3 is 2.47 bits per heavy atom. The van der Waals surface area contributed by atoms with Crippen LogP contribution < -0.4 is 5.32 Å². The number of aryl methyl sites for hydroxylation is 1. The number of benzene rings is 2. The number of imidazole rings is 1. The molecule has 2 heterocycles. The molecule has 0 bridgehead atoms. The van der Waals surface area contributed by atoms with E-state index in [1.54, 1.807) is 6.20 Å². The first-order valence-electron chi connectivity index (χ1n) is 10.3. The van der Waals surface area contributed by atoms with Crippen LogP contribution in [-0.4, -0.2) is 26.3 Å². The molecule has 2 aromatic carbocycles. The largest absolute Gasteiger partial charge is 0.349 e. The predicted octanol–water partition coefficient (Wildman–Crippen LogP) is 3.22. The zero-order valence-corrected chi connectivity index (χ0v) is 17.1. The Kier molecular flexibility index (Phi) is 5.93. The number of rotatable bonds is 6. The molecule has 6 heteroatoms. The summed E-state index contributed by atoms with van der Waals surface area (Å²) in [6, 6.07) is 19.5. The number of piperidine rings is 1. The van der Waals surface area contributed by atoms with Crippen LogP contribution in [0.5, 0.6) is 0 Å². The number of nitrogens with zero attached hydrogens (tertiary/aromatic N) is 3. The molecule has 2 unspecified atom stereocenters. The highest BCUT2D eigenvalue weighted by Gasteiger charge is 2.40. The third-order valence-electron chi connectivity index (χ3n) is 5.72. The summed E-state index contributed by atoms with van der Waals surface area (Å²) in [4.78, 5) is 32.3. The molecular weight excluding hydrogens is 376 g/mol. The second-order valence-electron chi connectivity index (χ2n) is 7.68. The fraction of sp³-hybridized carbons (Fsp3) is 0.292. The molecule has 0 spiro atoms.